The summed E-state index contributed by atoms with van der Waals surface area (Å²) in [6.45, 7) is 13.7. The molecule has 0 amide bonds. The molecule has 0 atom stereocenters. The van der Waals surface area contributed by atoms with E-state index in [1.54, 1.807) is 0 Å². The maximum atomic E-state index is 9.60. The minimum atomic E-state index is 0.430. The summed E-state index contributed by atoms with van der Waals surface area (Å²) in [6, 6.07) is 18.4. The summed E-state index contributed by atoms with van der Waals surface area (Å²) in [4.78, 5) is 4.60. The molecular formula is C28H31N3O. The van der Waals surface area contributed by atoms with Gasteiger partial charge < -0.3 is 9.30 Å². The van der Waals surface area contributed by atoms with E-state index in [1.807, 2.05) is 44.2 Å². The molecule has 2 aromatic heterocycles. The van der Waals surface area contributed by atoms with E-state index in [-0.39, 0.29) is 0 Å². The van der Waals surface area contributed by atoms with Gasteiger partial charge in [0.15, 0.2) is 0 Å². The van der Waals surface area contributed by atoms with Gasteiger partial charge in [-0.25, -0.2) is 4.98 Å². The number of hydrogen-bond donors (Lipinski definition) is 0. The zero-order valence-corrected chi connectivity index (χ0v) is 19.9. The van der Waals surface area contributed by atoms with Crippen molar-refractivity contribution in [3.8, 4) is 22.9 Å². The van der Waals surface area contributed by atoms with Gasteiger partial charge >= 0.3 is 0 Å². The molecule has 4 rings (SSSR count). The molecule has 0 saturated carbocycles. The van der Waals surface area contributed by atoms with Gasteiger partial charge in [0.05, 0.1) is 0 Å². The van der Waals surface area contributed by atoms with E-state index in [2.05, 4.69) is 67.7 Å². The number of benzene rings is 2. The molecule has 4 nitrogen and oxygen atoms in total. The van der Waals surface area contributed by atoms with Gasteiger partial charge in [-0.1, -0.05) is 50.2 Å². The first-order chi connectivity index (χ1) is 15.5. The van der Waals surface area contributed by atoms with Crippen molar-refractivity contribution in [3.05, 3.63) is 82.7 Å². The van der Waals surface area contributed by atoms with Crippen LogP contribution in [0.5, 0.6) is 5.75 Å². The molecule has 0 unspecified atom stereocenters. The van der Waals surface area contributed by atoms with Crippen molar-refractivity contribution < 1.29 is 4.74 Å². The van der Waals surface area contributed by atoms with E-state index >= 15 is 0 Å². The standard InChI is InChI=1S/C26H25N3O.C2H6/c1-5-29-15-18(3)25-22(13-21(14-27)28-26(25)29)24-17(2)11-12-23(19(24)4)30-16-20-9-7-6-8-10-20;1-2/h6-13,15H,5,16H2,1-4H3;1-2H3. The van der Waals surface area contributed by atoms with Crippen molar-refractivity contribution in [1.29, 1.82) is 5.26 Å². The van der Waals surface area contributed by atoms with Crippen LogP contribution in [0.1, 0.15) is 48.7 Å². The van der Waals surface area contributed by atoms with E-state index in [9.17, 15) is 5.26 Å². The van der Waals surface area contributed by atoms with Gasteiger partial charge in [0.1, 0.15) is 29.8 Å². The molecule has 0 bridgehead atoms. The minimum absolute atomic E-state index is 0.430. The lowest BCUT2D eigenvalue weighted by Crippen LogP contribution is -2.00. The number of nitriles is 1. The highest BCUT2D eigenvalue weighted by Gasteiger charge is 2.19. The van der Waals surface area contributed by atoms with Crippen LogP contribution in [0.15, 0.2) is 54.7 Å². The van der Waals surface area contributed by atoms with Crippen LogP contribution < -0.4 is 4.74 Å². The van der Waals surface area contributed by atoms with Gasteiger partial charge in [-0.05, 0) is 73.2 Å². The Bertz CT molecular complexity index is 1260. The highest BCUT2D eigenvalue weighted by Crippen LogP contribution is 2.39. The molecule has 0 radical (unpaired) electrons. The molecule has 0 aliphatic heterocycles. The number of pyridine rings is 1. The SMILES string of the molecule is CC.CCn1cc(C)c2c(-c3c(C)ccc(OCc4ccccc4)c3C)cc(C#N)nc21. The van der Waals surface area contributed by atoms with Crippen molar-refractivity contribution in [2.45, 2.75) is 54.7 Å². The highest BCUT2D eigenvalue weighted by atomic mass is 16.5. The largest absolute Gasteiger partial charge is 0.489 e. The second-order valence-electron chi connectivity index (χ2n) is 7.62. The Morgan fingerprint density at radius 1 is 1.00 bits per heavy atom. The lowest BCUT2D eigenvalue weighted by atomic mass is 9.92. The van der Waals surface area contributed by atoms with Gasteiger partial charge in [0.25, 0.3) is 0 Å². The third kappa shape index (κ3) is 4.38. The Morgan fingerprint density at radius 3 is 2.38 bits per heavy atom. The Morgan fingerprint density at radius 2 is 1.72 bits per heavy atom. The Labute approximate surface area is 191 Å². The predicted molar refractivity (Wildman–Crippen MR) is 132 cm³/mol. The first kappa shape index (κ1) is 23.1. The maximum absolute atomic E-state index is 9.60. The summed E-state index contributed by atoms with van der Waals surface area (Å²) >= 11 is 0. The van der Waals surface area contributed by atoms with E-state index in [0.717, 1.165) is 56.7 Å². The van der Waals surface area contributed by atoms with Gasteiger partial charge in [-0.2, -0.15) is 5.26 Å². The number of hydrogen-bond acceptors (Lipinski definition) is 3. The molecule has 4 heteroatoms. The quantitative estimate of drug-likeness (QED) is 0.342. The molecular weight excluding hydrogens is 394 g/mol. The van der Waals surface area contributed by atoms with Crippen molar-refractivity contribution in [1.82, 2.24) is 9.55 Å². The number of ether oxygens (including phenoxy) is 1. The topological polar surface area (TPSA) is 50.8 Å². The van der Waals surface area contributed by atoms with Gasteiger partial charge in [-0.3, -0.25) is 0 Å². The fourth-order valence-electron chi connectivity index (χ4n) is 4.12. The van der Waals surface area contributed by atoms with Crippen LogP contribution in [0.2, 0.25) is 0 Å². The molecule has 0 aliphatic carbocycles. The monoisotopic (exact) mass is 425 g/mol. The Hall–Kier alpha value is -3.58. The van der Waals surface area contributed by atoms with Crippen molar-refractivity contribution in [3.63, 3.8) is 0 Å². The fraction of sp³-hybridized carbons (Fsp3) is 0.286. The number of fused-ring (bicyclic) bond motifs is 1. The van der Waals surface area contributed by atoms with E-state index < -0.39 is 0 Å². The summed E-state index contributed by atoms with van der Waals surface area (Å²) in [5, 5.41) is 10.7. The summed E-state index contributed by atoms with van der Waals surface area (Å²) in [6.07, 6.45) is 2.11. The second kappa shape index (κ2) is 10.2. The average Bonchev–Trinajstić information content (AvgIpc) is 3.16. The molecule has 0 fully saturated rings. The van der Waals surface area contributed by atoms with Crippen LogP contribution in [0.25, 0.3) is 22.2 Å². The Balaban J connectivity index is 0.00000141. The molecule has 32 heavy (non-hydrogen) atoms. The van der Waals surface area contributed by atoms with Crippen LogP contribution in [0, 0.1) is 32.1 Å². The van der Waals surface area contributed by atoms with E-state index in [0.29, 0.717) is 12.3 Å². The van der Waals surface area contributed by atoms with Crippen LogP contribution in [-0.2, 0) is 13.2 Å². The first-order valence-corrected chi connectivity index (χ1v) is 11.2. The number of aryl methyl sites for hydroxylation is 3. The molecule has 0 spiro atoms. The van der Waals surface area contributed by atoms with Gasteiger partial charge in [0, 0.05) is 18.1 Å². The fourth-order valence-corrected chi connectivity index (χ4v) is 4.12. The summed E-state index contributed by atoms with van der Waals surface area (Å²) in [5.41, 5.74) is 7.97. The molecule has 0 saturated heterocycles. The molecule has 0 N–H and O–H groups in total. The van der Waals surface area contributed by atoms with Crippen LogP contribution in [0.4, 0.5) is 0 Å². The second-order valence-corrected chi connectivity index (χ2v) is 7.62. The number of nitrogens with zero attached hydrogens (tertiary/aromatic N) is 3. The molecule has 2 heterocycles. The molecule has 2 aromatic carbocycles. The predicted octanol–water partition coefficient (Wildman–Crippen LogP) is 7.13. The number of rotatable bonds is 5. The van der Waals surface area contributed by atoms with Crippen molar-refractivity contribution >= 4 is 11.0 Å². The Kier molecular flexibility index (Phi) is 7.33. The lowest BCUT2D eigenvalue weighted by molar-refractivity contribution is 0.304. The molecule has 164 valence electrons. The van der Waals surface area contributed by atoms with E-state index in [4.69, 9.17) is 4.74 Å². The van der Waals surface area contributed by atoms with Gasteiger partial charge in [0.2, 0.25) is 0 Å². The average molecular weight is 426 g/mol. The minimum Gasteiger partial charge on any atom is -0.489 e. The third-order valence-corrected chi connectivity index (χ3v) is 5.60. The summed E-state index contributed by atoms with van der Waals surface area (Å²) in [5.74, 6) is 0.857. The summed E-state index contributed by atoms with van der Waals surface area (Å²) in [7, 11) is 0. The van der Waals surface area contributed by atoms with Gasteiger partial charge in [-0.15, -0.1) is 0 Å². The molecule has 0 aliphatic rings. The van der Waals surface area contributed by atoms with Crippen molar-refractivity contribution in [2.24, 2.45) is 0 Å². The normalized spacial score (nSPS) is 10.4. The third-order valence-electron chi connectivity index (χ3n) is 5.60. The summed E-state index contributed by atoms with van der Waals surface area (Å²) < 4.78 is 8.29. The zero-order chi connectivity index (χ0) is 23.3. The highest BCUT2D eigenvalue weighted by molar-refractivity contribution is 5.98. The van der Waals surface area contributed by atoms with Crippen LogP contribution in [0.3, 0.4) is 0 Å². The lowest BCUT2D eigenvalue weighted by Gasteiger charge is -2.17. The van der Waals surface area contributed by atoms with E-state index in [1.165, 1.54) is 0 Å². The number of aromatic nitrogens is 2. The maximum Gasteiger partial charge on any atom is 0.143 e. The smallest absolute Gasteiger partial charge is 0.143 e. The molecule has 4 aromatic rings. The van der Waals surface area contributed by atoms with Crippen LogP contribution in [-0.4, -0.2) is 9.55 Å². The van der Waals surface area contributed by atoms with Crippen LogP contribution >= 0.6 is 0 Å². The first-order valence-electron chi connectivity index (χ1n) is 11.2. The van der Waals surface area contributed by atoms with Crippen molar-refractivity contribution in [2.75, 3.05) is 0 Å². The zero-order valence-electron chi connectivity index (χ0n) is 19.9.